The van der Waals surface area contributed by atoms with Crippen LogP contribution in [0.25, 0.3) is 44.6 Å². The standard InChI is InChI=1S/C72H54F6N10O7/c1-37(89)87-49(19-47-25-63(47)87)33-85-65-23-41(13-15-61(65)81-67(85)27-45-21-57(77)51(29-55(45)75)59-5-3-7-69(83-59)93-35-43-11-9-39(31-79)17-53(43)73)71(91)95-72(92)42-14-16-62-66(24-42)86(34-50-20-48-26-64(48)88(50)38(2)90)68(82-62)28-46-22-58(78)52(30-56(46)76)60-6-4-8-70(84-60)94-36-44-12-10-40(32-80)18-54(44)74/h3-18,21-24,29-30,47-50,63-64H,19-20,25-28,33-36H2,1-2H3/t47-,48-,49+,50+,63+,64+/m0/s1. The largest absolute Gasteiger partial charge is 0.473 e. The molecular formula is C72H54F6N10O7. The van der Waals surface area contributed by atoms with Crippen molar-refractivity contribution in [1.82, 2.24) is 38.9 Å². The van der Waals surface area contributed by atoms with Gasteiger partial charge in [0.05, 0.1) is 79.9 Å². The molecule has 6 heterocycles. The highest BCUT2D eigenvalue weighted by atomic mass is 19.1. The topological polar surface area (TPSA) is 211 Å². The Morgan fingerprint density at radius 3 is 1.31 bits per heavy atom. The normalized spacial score (nSPS) is 18.3. The number of nitriles is 2. The Kier molecular flexibility index (Phi) is 15.9. The zero-order valence-electron chi connectivity index (χ0n) is 50.8. The molecule has 0 bridgehead atoms. The fraction of sp³-hybridized carbons (Fsp3) is 0.250. The van der Waals surface area contributed by atoms with Crippen LogP contribution in [0.2, 0.25) is 0 Å². The van der Waals surface area contributed by atoms with Crippen molar-refractivity contribution in [3.63, 3.8) is 0 Å². The van der Waals surface area contributed by atoms with Gasteiger partial charge in [-0.15, -0.1) is 0 Å². The van der Waals surface area contributed by atoms with Gasteiger partial charge in [0.25, 0.3) is 0 Å². The molecule has 14 rings (SSSR count). The number of ether oxygens (including phenoxy) is 3. The number of rotatable bonds is 18. The fourth-order valence-corrected chi connectivity index (χ4v) is 13.6. The molecule has 4 fully saturated rings. The number of nitrogens with zero attached hydrogens (tertiary/aromatic N) is 10. The Morgan fingerprint density at radius 1 is 0.484 bits per heavy atom. The Labute approximate surface area is 538 Å². The Bertz CT molecular complexity index is 4640. The van der Waals surface area contributed by atoms with Gasteiger partial charge in [-0.25, -0.2) is 55.9 Å². The number of fused-ring (bicyclic) bond motifs is 4. The molecule has 2 aliphatic heterocycles. The van der Waals surface area contributed by atoms with Gasteiger partial charge in [0, 0.05) is 86.2 Å². The van der Waals surface area contributed by atoms with Crippen LogP contribution >= 0.6 is 0 Å². The highest BCUT2D eigenvalue weighted by Gasteiger charge is 2.54. The van der Waals surface area contributed by atoms with E-state index in [1.807, 2.05) is 21.9 Å². The quantitative estimate of drug-likeness (QED) is 0.0445. The van der Waals surface area contributed by atoms with Crippen molar-refractivity contribution in [3.8, 4) is 46.4 Å². The second-order valence-electron chi connectivity index (χ2n) is 24.5. The molecule has 476 valence electrons. The third-order valence-electron chi connectivity index (χ3n) is 18.3. The minimum absolute atomic E-state index is 0.0120. The lowest BCUT2D eigenvalue weighted by atomic mass is 10.0. The summed E-state index contributed by atoms with van der Waals surface area (Å²) in [6.07, 6.45) is 2.64. The number of hydrogen-bond acceptors (Lipinski definition) is 13. The van der Waals surface area contributed by atoms with E-state index in [0.29, 0.717) is 58.4 Å². The third-order valence-corrected chi connectivity index (χ3v) is 18.3. The summed E-state index contributed by atoms with van der Waals surface area (Å²) in [7, 11) is 0. The molecule has 17 nitrogen and oxygen atoms in total. The molecule has 4 aliphatic rings. The van der Waals surface area contributed by atoms with Gasteiger partial charge in [0.15, 0.2) is 0 Å². The summed E-state index contributed by atoms with van der Waals surface area (Å²) in [4.78, 5) is 76.6. The van der Waals surface area contributed by atoms with Crippen molar-refractivity contribution in [3.05, 3.63) is 225 Å². The summed E-state index contributed by atoms with van der Waals surface area (Å²) in [6, 6.07) is 33.1. The van der Waals surface area contributed by atoms with Crippen LogP contribution in [0.3, 0.4) is 0 Å². The first-order valence-electron chi connectivity index (χ1n) is 30.7. The van der Waals surface area contributed by atoms with Crippen LogP contribution < -0.4 is 9.47 Å². The molecule has 4 aromatic heterocycles. The molecule has 10 aromatic rings. The van der Waals surface area contributed by atoms with E-state index in [4.69, 9.17) is 34.7 Å². The molecule has 2 aliphatic carbocycles. The van der Waals surface area contributed by atoms with Gasteiger partial charge in [-0.1, -0.05) is 24.3 Å². The number of hydrogen-bond donors (Lipinski definition) is 0. The molecule has 6 aromatic carbocycles. The predicted molar refractivity (Wildman–Crippen MR) is 331 cm³/mol. The lowest BCUT2D eigenvalue weighted by Crippen LogP contribution is -2.39. The van der Waals surface area contributed by atoms with Crippen molar-refractivity contribution in [1.29, 1.82) is 10.5 Å². The maximum Gasteiger partial charge on any atom is 0.346 e. The summed E-state index contributed by atoms with van der Waals surface area (Å²) in [5.41, 5.74) is 1.62. The zero-order valence-corrected chi connectivity index (χ0v) is 50.8. The molecule has 95 heavy (non-hydrogen) atoms. The van der Waals surface area contributed by atoms with Crippen molar-refractivity contribution >= 4 is 45.8 Å². The number of pyridine rings is 2. The minimum atomic E-state index is -1.03. The fourth-order valence-electron chi connectivity index (χ4n) is 13.6. The summed E-state index contributed by atoms with van der Waals surface area (Å²) >= 11 is 0. The van der Waals surface area contributed by atoms with Gasteiger partial charge in [0.1, 0.15) is 59.8 Å². The minimum Gasteiger partial charge on any atom is -0.473 e. The Hall–Kier alpha value is -11.2. The number of piperidine rings is 2. The number of likely N-dealkylation sites (tertiary alicyclic amines) is 2. The smallest absolute Gasteiger partial charge is 0.346 e. The second-order valence-corrected chi connectivity index (χ2v) is 24.5. The summed E-state index contributed by atoms with van der Waals surface area (Å²) in [5, 5.41) is 18.2. The van der Waals surface area contributed by atoms with Gasteiger partial charge in [-0.3, -0.25) is 9.59 Å². The number of carbonyl (C=O) groups excluding carboxylic acids is 4. The monoisotopic (exact) mass is 1280 g/mol. The number of imidazole rings is 2. The number of carbonyl (C=O) groups is 4. The number of halogens is 6. The zero-order chi connectivity index (χ0) is 66.1. The third kappa shape index (κ3) is 12.2. The average Bonchev–Trinajstić information content (AvgIpc) is 1.59. The lowest BCUT2D eigenvalue weighted by molar-refractivity contribution is -0.131. The first-order chi connectivity index (χ1) is 45.8. The summed E-state index contributed by atoms with van der Waals surface area (Å²) in [5.74, 6) is -5.60. The van der Waals surface area contributed by atoms with E-state index in [9.17, 15) is 28.0 Å². The highest BCUT2D eigenvalue weighted by Crippen LogP contribution is 2.50. The summed E-state index contributed by atoms with van der Waals surface area (Å²) in [6.45, 7) is 2.87. The predicted octanol–water partition coefficient (Wildman–Crippen LogP) is 12.4. The maximum atomic E-state index is 16.4. The van der Waals surface area contributed by atoms with E-state index in [1.165, 1.54) is 98.8 Å². The van der Waals surface area contributed by atoms with Crippen LogP contribution in [0.1, 0.15) is 105 Å². The van der Waals surface area contributed by atoms with E-state index < -0.39 is 46.8 Å². The molecule has 23 heteroatoms. The number of aromatic nitrogens is 6. The van der Waals surface area contributed by atoms with Crippen LogP contribution in [0.5, 0.6) is 11.8 Å². The number of benzene rings is 6. The van der Waals surface area contributed by atoms with Crippen LogP contribution in [-0.2, 0) is 53.5 Å². The maximum absolute atomic E-state index is 16.4. The van der Waals surface area contributed by atoms with Crippen LogP contribution in [-0.4, -0.2) is 86.8 Å². The van der Waals surface area contributed by atoms with Gasteiger partial charge < -0.3 is 33.1 Å². The van der Waals surface area contributed by atoms with Gasteiger partial charge in [-0.05, 0) is 146 Å². The molecule has 2 amide bonds. The molecule has 0 radical (unpaired) electrons. The average molecular weight is 1290 g/mol. The molecule has 0 unspecified atom stereocenters. The molecule has 2 saturated heterocycles. The first-order valence-corrected chi connectivity index (χ1v) is 30.7. The van der Waals surface area contributed by atoms with Crippen LogP contribution in [0.4, 0.5) is 26.3 Å². The Balaban J connectivity index is 0.723. The highest BCUT2D eigenvalue weighted by molar-refractivity contribution is 6.05. The van der Waals surface area contributed by atoms with Crippen molar-refractivity contribution < 1.29 is 59.7 Å². The van der Waals surface area contributed by atoms with Crippen molar-refractivity contribution in [2.45, 2.75) is 103 Å². The summed E-state index contributed by atoms with van der Waals surface area (Å²) < 4.78 is 115. The van der Waals surface area contributed by atoms with Gasteiger partial charge >= 0.3 is 11.9 Å². The molecule has 0 spiro atoms. The second kappa shape index (κ2) is 24.7. The van der Waals surface area contributed by atoms with Crippen molar-refractivity contribution in [2.24, 2.45) is 11.8 Å². The first kappa shape index (κ1) is 61.3. The number of esters is 2. The van der Waals surface area contributed by atoms with Crippen LogP contribution in [0, 0.1) is 69.4 Å². The van der Waals surface area contributed by atoms with Crippen LogP contribution in [0.15, 0.2) is 133 Å². The SMILES string of the molecule is CC(=O)N1[C@@H](Cn2c(Cc3cc(F)c(-c4cccc(OCc5ccc(C#N)cc5F)n4)cc3F)nc3ccc(C(=O)OC(=O)c4ccc5nc(Cc6cc(F)c(-c7cccc(OCc8ccc(C#N)cc8F)n7)cc6F)n(C[C@H]6C[C@H]7C[C@H]7N6C(C)=O)c5c4)cc32)C[C@H]2C[C@H]21. The lowest BCUT2D eigenvalue weighted by Gasteiger charge is -2.27. The molecule has 2 saturated carbocycles. The van der Waals surface area contributed by atoms with E-state index in [2.05, 4.69) is 9.97 Å². The van der Waals surface area contributed by atoms with Crippen molar-refractivity contribution in [2.75, 3.05) is 0 Å². The van der Waals surface area contributed by atoms with E-state index in [0.717, 1.165) is 49.2 Å². The van der Waals surface area contributed by atoms with E-state index in [-0.39, 0.29) is 154 Å². The van der Waals surface area contributed by atoms with E-state index in [1.54, 1.807) is 21.3 Å². The van der Waals surface area contributed by atoms with E-state index >= 15 is 17.6 Å². The molecule has 0 N–H and O–H groups in total. The number of amides is 2. The Morgan fingerprint density at radius 2 is 0.905 bits per heavy atom. The van der Waals surface area contributed by atoms with Gasteiger partial charge in [-0.2, -0.15) is 10.5 Å². The molecule has 6 atom stereocenters. The molecular weight excluding hydrogens is 1230 g/mol. The van der Waals surface area contributed by atoms with Gasteiger partial charge in [0.2, 0.25) is 23.6 Å².